The lowest BCUT2D eigenvalue weighted by molar-refractivity contribution is -0.161. The first-order chi connectivity index (χ1) is 49.7. The van der Waals surface area contributed by atoms with E-state index in [9.17, 15) is 43.2 Å². The maximum Gasteiger partial charge on any atom is 0.472 e. The van der Waals surface area contributed by atoms with Gasteiger partial charge in [-0.1, -0.05) is 325 Å². The monoisotopic (exact) mass is 1480 g/mol. The maximum atomic E-state index is 13.1. The first-order valence-electron chi connectivity index (χ1n) is 40.8. The number of allylic oxidation sites excluding steroid dienone is 14. The second kappa shape index (κ2) is 75.5. The van der Waals surface area contributed by atoms with E-state index < -0.39 is 97.5 Å². The van der Waals surface area contributed by atoms with E-state index in [-0.39, 0.29) is 25.7 Å². The van der Waals surface area contributed by atoms with E-state index in [0.29, 0.717) is 25.7 Å². The summed E-state index contributed by atoms with van der Waals surface area (Å²) in [6, 6.07) is 0. The van der Waals surface area contributed by atoms with Crippen molar-refractivity contribution in [3.05, 3.63) is 85.1 Å². The number of phosphoric ester groups is 2. The van der Waals surface area contributed by atoms with E-state index in [1.165, 1.54) is 116 Å². The number of carbonyl (C=O) groups is 4. The van der Waals surface area contributed by atoms with Crippen molar-refractivity contribution >= 4 is 39.5 Å². The zero-order chi connectivity index (χ0) is 74.6. The summed E-state index contributed by atoms with van der Waals surface area (Å²) in [5.74, 6) is -2.18. The number of rotatable bonds is 77. The number of hydrogen-bond donors (Lipinski definition) is 3. The second-order valence-corrected chi connectivity index (χ2v) is 30.2. The van der Waals surface area contributed by atoms with Crippen LogP contribution < -0.4 is 0 Å². The van der Waals surface area contributed by atoms with Crippen LogP contribution in [0.5, 0.6) is 0 Å². The highest BCUT2D eigenvalue weighted by Gasteiger charge is 2.30. The Balaban J connectivity index is 5.34. The van der Waals surface area contributed by atoms with Gasteiger partial charge >= 0.3 is 39.5 Å². The second-order valence-electron chi connectivity index (χ2n) is 27.3. The van der Waals surface area contributed by atoms with E-state index in [1.54, 1.807) is 0 Å². The van der Waals surface area contributed by atoms with Crippen LogP contribution in [0, 0.1) is 0 Å². The molecule has 0 saturated carbocycles. The molecule has 17 nitrogen and oxygen atoms in total. The van der Waals surface area contributed by atoms with Crippen molar-refractivity contribution in [2.75, 3.05) is 39.6 Å². The van der Waals surface area contributed by atoms with Crippen molar-refractivity contribution < 1.29 is 80.2 Å². The predicted octanol–water partition coefficient (Wildman–Crippen LogP) is 23.8. The number of aliphatic hydroxyl groups excluding tert-OH is 1. The smallest absolute Gasteiger partial charge is 0.462 e. The summed E-state index contributed by atoms with van der Waals surface area (Å²) in [4.78, 5) is 73.1. The number of unbranched alkanes of at least 4 members (excludes halogenated alkanes) is 37. The van der Waals surface area contributed by atoms with Crippen LogP contribution in [0.3, 0.4) is 0 Å². The Kier molecular flexibility index (Phi) is 72.7. The van der Waals surface area contributed by atoms with Crippen LogP contribution in [0.1, 0.15) is 362 Å². The fraction of sp³-hybridized carbons (Fsp3) is 0.783. The summed E-state index contributed by atoms with van der Waals surface area (Å²) in [7, 11) is -9.95. The Morgan fingerprint density at radius 3 is 0.784 bits per heavy atom. The Bertz CT molecular complexity index is 2260. The molecule has 0 aromatic carbocycles. The van der Waals surface area contributed by atoms with Gasteiger partial charge in [0.05, 0.1) is 26.4 Å². The van der Waals surface area contributed by atoms with Crippen LogP contribution in [0.2, 0.25) is 0 Å². The van der Waals surface area contributed by atoms with Gasteiger partial charge < -0.3 is 33.8 Å². The van der Waals surface area contributed by atoms with Gasteiger partial charge in [-0.25, -0.2) is 9.13 Å². The SMILES string of the molecule is CC/C=C\C/C=C\C/C=C\C/C=C\CCCCCCC(=O)OCC(COP(=O)(O)OCC(O)COP(=O)(O)OCC(COC(=O)CCCCCCCCC/C=C\C/C=C\C/C=C\CC)OC(=O)CCCCCCCCCCCCCCC)OC(=O)CCCCCCCCCCCCCCCCC. The lowest BCUT2D eigenvalue weighted by atomic mass is 10.0. The first-order valence-corrected chi connectivity index (χ1v) is 43.8. The molecule has 592 valence electrons. The summed E-state index contributed by atoms with van der Waals surface area (Å²) in [6.07, 6.45) is 78.3. The molecule has 3 N–H and O–H groups in total. The molecule has 0 aliphatic rings. The van der Waals surface area contributed by atoms with Crippen LogP contribution in [-0.2, 0) is 65.4 Å². The molecule has 0 spiro atoms. The third kappa shape index (κ3) is 74.5. The maximum absolute atomic E-state index is 13.1. The molecule has 5 unspecified atom stereocenters. The lowest BCUT2D eigenvalue weighted by Crippen LogP contribution is -2.30. The molecule has 5 atom stereocenters. The van der Waals surface area contributed by atoms with Crippen molar-refractivity contribution in [2.24, 2.45) is 0 Å². The molecule has 0 heterocycles. The van der Waals surface area contributed by atoms with Gasteiger partial charge in [0.2, 0.25) is 0 Å². The van der Waals surface area contributed by atoms with Gasteiger partial charge in [0, 0.05) is 25.7 Å². The Labute approximate surface area is 621 Å². The van der Waals surface area contributed by atoms with Gasteiger partial charge in [-0.2, -0.15) is 0 Å². The van der Waals surface area contributed by atoms with Crippen LogP contribution >= 0.6 is 15.6 Å². The molecule has 0 bridgehead atoms. The molecule has 0 aliphatic carbocycles. The fourth-order valence-corrected chi connectivity index (χ4v) is 12.8. The largest absolute Gasteiger partial charge is 0.472 e. The number of aliphatic hydroxyl groups is 1. The van der Waals surface area contributed by atoms with Crippen LogP contribution in [0.4, 0.5) is 0 Å². The molecular formula is C83H148O17P2. The minimum atomic E-state index is -4.98. The van der Waals surface area contributed by atoms with E-state index in [1.807, 2.05) is 0 Å². The molecule has 0 aromatic rings. The molecule has 0 saturated heterocycles. The van der Waals surface area contributed by atoms with Crippen molar-refractivity contribution in [1.82, 2.24) is 0 Å². The normalized spacial score (nSPS) is 14.3. The number of ether oxygens (including phenoxy) is 4. The molecular weight excluding hydrogens is 1330 g/mol. The number of esters is 4. The van der Waals surface area contributed by atoms with Gasteiger partial charge in [0.1, 0.15) is 19.3 Å². The van der Waals surface area contributed by atoms with Crippen molar-refractivity contribution in [3.63, 3.8) is 0 Å². The van der Waals surface area contributed by atoms with Crippen LogP contribution in [-0.4, -0.2) is 96.7 Å². The van der Waals surface area contributed by atoms with E-state index >= 15 is 0 Å². The zero-order valence-electron chi connectivity index (χ0n) is 64.8. The summed E-state index contributed by atoms with van der Waals surface area (Å²) in [5, 5.41) is 10.6. The lowest BCUT2D eigenvalue weighted by Gasteiger charge is -2.21. The zero-order valence-corrected chi connectivity index (χ0v) is 66.6. The van der Waals surface area contributed by atoms with Gasteiger partial charge in [0.15, 0.2) is 12.2 Å². The molecule has 0 radical (unpaired) electrons. The highest BCUT2D eigenvalue weighted by Crippen LogP contribution is 2.45. The molecule has 0 aliphatic heterocycles. The quantitative estimate of drug-likeness (QED) is 0.0169. The standard InChI is InChI=1S/C83H148O17P2/c1-5-9-13-17-21-25-29-33-36-38-41-44-47-51-55-59-63-67-80(85)93-73-78(99-82(87)69-65-61-57-53-49-43-32-28-24-20-16-12-8-4)75-97-101(89,90)95-71-77(84)72-96-102(91,92)98-76-79(100-83(88)70-66-62-58-54-50-46-40-35-31-27-23-19-15-11-7-3)74-94-81(86)68-64-60-56-52-48-45-42-39-37-34-30-26-22-18-14-10-6-2/h9-10,13-14,21-22,25-26,33-34,36-37,42,45,77-79,84H,5-8,11-12,15-20,23-24,27-32,35,38-41,43-44,46-76H2,1-4H3,(H,89,90)(H,91,92)/b13-9-,14-10-,25-21-,26-22-,36-33-,37-34-,45-42-. The van der Waals surface area contributed by atoms with Crippen molar-refractivity contribution in [2.45, 2.75) is 380 Å². The van der Waals surface area contributed by atoms with Gasteiger partial charge in [-0.3, -0.25) is 37.3 Å². The first kappa shape index (κ1) is 98.2. The van der Waals surface area contributed by atoms with E-state index in [2.05, 4.69) is 113 Å². The Morgan fingerprint density at radius 1 is 0.284 bits per heavy atom. The molecule has 19 heteroatoms. The van der Waals surface area contributed by atoms with Gasteiger partial charge in [0.25, 0.3) is 0 Å². The van der Waals surface area contributed by atoms with Gasteiger partial charge in [-0.05, 0) is 96.3 Å². The topological polar surface area (TPSA) is 237 Å². The number of carbonyl (C=O) groups excluding carboxylic acids is 4. The minimum absolute atomic E-state index is 0.0943. The van der Waals surface area contributed by atoms with Gasteiger partial charge in [-0.15, -0.1) is 0 Å². The van der Waals surface area contributed by atoms with Crippen LogP contribution in [0.15, 0.2) is 85.1 Å². The third-order valence-electron chi connectivity index (χ3n) is 17.4. The summed E-state index contributed by atoms with van der Waals surface area (Å²) < 4.78 is 68.7. The highest BCUT2D eigenvalue weighted by atomic mass is 31.2. The van der Waals surface area contributed by atoms with E-state index in [0.717, 1.165) is 167 Å². The summed E-state index contributed by atoms with van der Waals surface area (Å²) >= 11 is 0. The third-order valence-corrected chi connectivity index (χ3v) is 19.3. The number of phosphoric acid groups is 2. The Hall–Kier alpha value is -3.76. The average molecular weight is 1480 g/mol. The van der Waals surface area contributed by atoms with Crippen LogP contribution in [0.25, 0.3) is 0 Å². The number of hydrogen-bond acceptors (Lipinski definition) is 15. The van der Waals surface area contributed by atoms with Crippen molar-refractivity contribution in [3.8, 4) is 0 Å². The van der Waals surface area contributed by atoms with Crippen molar-refractivity contribution in [1.29, 1.82) is 0 Å². The summed E-state index contributed by atoms with van der Waals surface area (Å²) in [6.45, 7) is 4.69. The highest BCUT2D eigenvalue weighted by molar-refractivity contribution is 7.47. The Morgan fingerprint density at radius 2 is 0.510 bits per heavy atom. The summed E-state index contributed by atoms with van der Waals surface area (Å²) in [5.41, 5.74) is 0. The average Bonchev–Trinajstić information content (AvgIpc) is 0.939. The molecule has 0 fully saturated rings. The minimum Gasteiger partial charge on any atom is -0.462 e. The van der Waals surface area contributed by atoms with E-state index in [4.69, 9.17) is 37.0 Å². The molecule has 0 rings (SSSR count). The molecule has 102 heavy (non-hydrogen) atoms. The fourth-order valence-electron chi connectivity index (χ4n) is 11.2. The molecule has 0 amide bonds. The predicted molar refractivity (Wildman–Crippen MR) is 418 cm³/mol. The molecule has 0 aromatic heterocycles.